The lowest BCUT2D eigenvalue weighted by molar-refractivity contribution is -0.136. The molecule has 0 unspecified atom stereocenters. The Balaban J connectivity index is 1.73. The molecule has 1 saturated heterocycles. The van der Waals surface area contributed by atoms with E-state index in [2.05, 4.69) is 0 Å². The van der Waals surface area contributed by atoms with Crippen LogP contribution in [0.1, 0.15) is 47.4 Å². The lowest BCUT2D eigenvalue weighted by Crippen LogP contribution is -2.48. The fraction of sp³-hybridized carbons (Fsp3) is 0.360. The number of carbonyl (C=O) groups is 2. The quantitative estimate of drug-likeness (QED) is 0.516. The van der Waals surface area contributed by atoms with E-state index in [4.69, 9.17) is 9.84 Å². The summed E-state index contributed by atoms with van der Waals surface area (Å²) in [4.78, 5) is 24.8. The molecular weight excluding hydrogens is 456 g/mol. The first-order valence-electron chi connectivity index (χ1n) is 11.2. The van der Waals surface area contributed by atoms with Crippen LogP contribution in [-0.2, 0) is 26.0 Å². The van der Waals surface area contributed by atoms with E-state index < -0.39 is 16.0 Å². The van der Waals surface area contributed by atoms with Gasteiger partial charge in [0.1, 0.15) is 0 Å². The van der Waals surface area contributed by atoms with E-state index >= 15 is 0 Å². The van der Waals surface area contributed by atoms with E-state index in [0.717, 1.165) is 5.69 Å². The van der Waals surface area contributed by atoms with Crippen LogP contribution in [0.25, 0.3) is 5.52 Å². The number of aliphatic carboxylic acids is 1. The average molecular weight is 485 g/mol. The molecule has 1 N–H and O–H groups in total. The molecule has 1 aromatic carbocycles. The van der Waals surface area contributed by atoms with Gasteiger partial charge < -0.3 is 14.2 Å². The van der Waals surface area contributed by atoms with Crippen molar-refractivity contribution in [2.45, 2.75) is 50.7 Å². The van der Waals surface area contributed by atoms with Crippen molar-refractivity contribution in [3.63, 3.8) is 0 Å². The summed E-state index contributed by atoms with van der Waals surface area (Å²) in [6.07, 6.45) is 1.59. The van der Waals surface area contributed by atoms with Crippen molar-refractivity contribution in [3.05, 3.63) is 71.0 Å². The second-order valence-corrected chi connectivity index (χ2v) is 10.7. The lowest BCUT2D eigenvalue weighted by atomic mass is 9.99. The van der Waals surface area contributed by atoms with Gasteiger partial charge in [-0.1, -0.05) is 18.2 Å². The Morgan fingerprint density at radius 3 is 2.47 bits per heavy atom. The molecule has 8 nitrogen and oxygen atoms in total. The van der Waals surface area contributed by atoms with Crippen LogP contribution in [0.5, 0.6) is 0 Å². The number of morpholine rings is 1. The van der Waals surface area contributed by atoms with Gasteiger partial charge in [0.15, 0.2) is 5.78 Å². The van der Waals surface area contributed by atoms with Crippen LogP contribution in [0, 0.1) is 6.92 Å². The number of carboxylic acids is 1. The standard InChI is InChI=1S/C25H28N2O6S/c1-16-14-26(15-17(2)33-16)34(31,32)20-8-6-7-19(13-20)25(30)24-18(3)21(10-11-23(28)29)27-12-5-4-9-22(24)27/h4-9,12-13,16-17H,10-11,14-15H2,1-3H3,(H,28,29)/t16-,17-/m1/s1. The predicted octanol–water partition coefficient (Wildman–Crippen LogP) is 3.29. The molecule has 3 heterocycles. The lowest BCUT2D eigenvalue weighted by Gasteiger charge is -2.34. The maximum atomic E-state index is 13.6. The molecule has 3 aromatic rings. The van der Waals surface area contributed by atoms with Crippen molar-refractivity contribution >= 4 is 27.3 Å². The Morgan fingerprint density at radius 2 is 1.79 bits per heavy atom. The maximum Gasteiger partial charge on any atom is 0.303 e. The van der Waals surface area contributed by atoms with Gasteiger partial charge in [-0.3, -0.25) is 9.59 Å². The summed E-state index contributed by atoms with van der Waals surface area (Å²) in [5.41, 5.74) is 2.82. The van der Waals surface area contributed by atoms with Crippen molar-refractivity contribution < 1.29 is 27.9 Å². The number of aryl methyl sites for hydroxylation is 1. The minimum absolute atomic E-state index is 0.0560. The molecule has 0 aliphatic carbocycles. The molecule has 0 saturated carbocycles. The predicted molar refractivity (Wildman–Crippen MR) is 127 cm³/mol. The van der Waals surface area contributed by atoms with Gasteiger partial charge in [-0.2, -0.15) is 4.31 Å². The molecule has 180 valence electrons. The fourth-order valence-corrected chi connectivity index (χ4v) is 6.27. The van der Waals surface area contributed by atoms with Gasteiger partial charge in [0.2, 0.25) is 10.0 Å². The molecule has 0 radical (unpaired) electrons. The topological polar surface area (TPSA) is 105 Å². The highest BCUT2D eigenvalue weighted by molar-refractivity contribution is 7.89. The molecule has 2 atom stereocenters. The van der Waals surface area contributed by atoms with Crippen LogP contribution >= 0.6 is 0 Å². The minimum atomic E-state index is -3.80. The zero-order valence-corrected chi connectivity index (χ0v) is 20.2. The summed E-state index contributed by atoms with van der Waals surface area (Å²) >= 11 is 0. The highest BCUT2D eigenvalue weighted by atomic mass is 32.2. The Labute approximate surface area is 198 Å². The fourth-order valence-electron chi connectivity index (χ4n) is 4.64. The number of hydrogen-bond acceptors (Lipinski definition) is 5. The van der Waals surface area contributed by atoms with Crippen molar-refractivity contribution in [1.29, 1.82) is 0 Å². The Bertz CT molecular complexity index is 1350. The number of benzene rings is 1. The number of rotatable bonds is 7. The highest BCUT2D eigenvalue weighted by Crippen LogP contribution is 2.28. The molecule has 2 aromatic heterocycles. The number of fused-ring (bicyclic) bond motifs is 1. The molecule has 1 aliphatic rings. The second kappa shape index (κ2) is 9.32. The van der Waals surface area contributed by atoms with E-state index in [-0.39, 0.29) is 54.4 Å². The number of sulfonamides is 1. The van der Waals surface area contributed by atoms with Crippen LogP contribution in [0.4, 0.5) is 0 Å². The first-order valence-corrected chi connectivity index (χ1v) is 12.6. The van der Waals surface area contributed by atoms with Crippen LogP contribution in [0.2, 0.25) is 0 Å². The number of ether oxygens (including phenoxy) is 1. The summed E-state index contributed by atoms with van der Waals surface area (Å²) in [6.45, 7) is 5.97. The molecule has 0 bridgehead atoms. The Morgan fingerprint density at radius 1 is 1.09 bits per heavy atom. The number of hydrogen-bond donors (Lipinski definition) is 1. The van der Waals surface area contributed by atoms with Gasteiger partial charge in [-0.25, -0.2) is 8.42 Å². The van der Waals surface area contributed by atoms with E-state index in [1.54, 1.807) is 25.3 Å². The molecule has 0 spiro atoms. The van der Waals surface area contributed by atoms with Crippen LogP contribution < -0.4 is 0 Å². The number of aromatic nitrogens is 1. The number of nitrogens with zero attached hydrogens (tertiary/aromatic N) is 2. The van der Waals surface area contributed by atoms with Crippen molar-refractivity contribution in [2.75, 3.05) is 13.1 Å². The summed E-state index contributed by atoms with van der Waals surface area (Å²) in [5.74, 6) is -1.22. The van der Waals surface area contributed by atoms with Crippen molar-refractivity contribution in [3.8, 4) is 0 Å². The summed E-state index contributed by atoms with van der Waals surface area (Å²) in [7, 11) is -3.80. The number of carbonyl (C=O) groups excluding carboxylic acids is 1. The van der Waals surface area contributed by atoms with Gasteiger partial charge in [0, 0.05) is 30.5 Å². The third kappa shape index (κ3) is 4.51. The number of ketones is 1. The van der Waals surface area contributed by atoms with E-state index in [9.17, 15) is 18.0 Å². The smallest absolute Gasteiger partial charge is 0.303 e. The van der Waals surface area contributed by atoms with Gasteiger partial charge in [-0.15, -0.1) is 0 Å². The number of pyridine rings is 1. The van der Waals surface area contributed by atoms with Gasteiger partial charge in [0.25, 0.3) is 0 Å². The van der Waals surface area contributed by atoms with E-state index in [1.165, 1.54) is 16.4 Å². The molecule has 34 heavy (non-hydrogen) atoms. The SMILES string of the molecule is Cc1c(C(=O)c2cccc(S(=O)(=O)N3C[C@@H](C)O[C@H](C)C3)c2)c2ccccn2c1CCC(=O)O. The first-order chi connectivity index (χ1) is 16.1. The van der Waals surface area contributed by atoms with Gasteiger partial charge >= 0.3 is 5.97 Å². The van der Waals surface area contributed by atoms with Crippen molar-refractivity contribution in [1.82, 2.24) is 8.71 Å². The van der Waals surface area contributed by atoms with Crippen LogP contribution in [-0.4, -0.2) is 59.3 Å². The Hall–Kier alpha value is -3.01. The molecule has 0 amide bonds. The van der Waals surface area contributed by atoms with Crippen LogP contribution in [0.15, 0.2) is 53.6 Å². The summed E-state index contributed by atoms with van der Waals surface area (Å²) < 4.78 is 35.5. The number of carboxylic acid groups (broad SMARTS) is 1. The molecule has 9 heteroatoms. The summed E-state index contributed by atoms with van der Waals surface area (Å²) in [6, 6.07) is 11.5. The van der Waals surface area contributed by atoms with Gasteiger partial charge in [-0.05, 0) is 57.0 Å². The molecule has 1 fully saturated rings. The molecule has 1 aliphatic heterocycles. The van der Waals surface area contributed by atoms with E-state index in [0.29, 0.717) is 16.6 Å². The third-order valence-electron chi connectivity index (χ3n) is 6.14. The largest absolute Gasteiger partial charge is 0.481 e. The Kier molecular flexibility index (Phi) is 6.62. The zero-order chi connectivity index (χ0) is 24.6. The van der Waals surface area contributed by atoms with Gasteiger partial charge in [0.05, 0.1) is 34.6 Å². The van der Waals surface area contributed by atoms with E-state index in [1.807, 2.05) is 36.4 Å². The second-order valence-electron chi connectivity index (χ2n) is 8.73. The van der Waals surface area contributed by atoms with Crippen molar-refractivity contribution in [2.24, 2.45) is 0 Å². The third-order valence-corrected chi connectivity index (χ3v) is 7.97. The normalized spacial score (nSPS) is 19.4. The minimum Gasteiger partial charge on any atom is -0.481 e. The molecular formula is C25H28N2O6S. The monoisotopic (exact) mass is 484 g/mol. The zero-order valence-electron chi connectivity index (χ0n) is 19.4. The maximum absolute atomic E-state index is 13.6. The highest BCUT2D eigenvalue weighted by Gasteiger charge is 2.33. The first kappa shape index (κ1) is 24.1. The van der Waals surface area contributed by atoms with Crippen LogP contribution in [0.3, 0.4) is 0 Å². The molecule has 4 rings (SSSR count). The average Bonchev–Trinajstić information content (AvgIpc) is 3.07. The summed E-state index contributed by atoms with van der Waals surface area (Å²) in [5, 5.41) is 9.13.